The molecule has 2 atom stereocenters. The van der Waals surface area contributed by atoms with Gasteiger partial charge in [0.1, 0.15) is 0 Å². The van der Waals surface area contributed by atoms with Crippen LogP contribution in [-0.2, 0) is 21.1 Å². The SMILES string of the molecule is ClC1CCC[N-]C1.ClC1CCC[N-]C1.[Cl-].[Cl-].[Cl-].[Cl-].[Pt]. The molecule has 2 heterocycles. The number of rotatable bonds is 0. The summed E-state index contributed by atoms with van der Waals surface area (Å²) in [4.78, 5) is 0. The smallest absolute Gasteiger partial charge is 0.0148 e. The second kappa shape index (κ2) is 22.6. The molecule has 0 amide bonds. The fourth-order valence-electron chi connectivity index (χ4n) is 1.49. The van der Waals surface area contributed by atoms with Gasteiger partial charge < -0.3 is 60.3 Å². The number of piperidine rings is 2. The van der Waals surface area contributed by atoms with E-state index in [1.165, 1.54) is 12.8 Å². The Hall–Kier alpha value is 2.35. The Balaban J connectivity index is -0.0000000544. The molecule has 0 saturated carbocycles. The molecule has 0 spiro atoms. The summed E-state index contributed by atoms with van der Waals surface area (Å²) in [7, 11) is 0. The average molecular weight is 574 g/mol. The van der Waals surface area contributed by atoms with Crippen molar-refractivity contribution in [2.75, 3.05) is 26.2 Å². The van der Waals surface area contributed by atoms with Crippen molar-refractivity contribution in [2.24, 2.45) is 0 Å². The maximum atomic E-state index is 5.72. The van der Waals surface area contributed by atoms with Crippen LogP contribution < -0.4 is 49.6 Å². The van der Waals surface area contributed by atoms with Gasteiger partial charge in [-0.3, -0.25) is 0 Å². The molecule has 2 saturated heterocycles. The molecule has 19 heavy (non-hydrogen) atoms. The van der Waals surface area contributed by atoms with Crippen LogP contribution in [0.5, 0.6) is 0 Å². The third-order valence-corrected chi connectivity index (χ3v) is 3.03. The standard InChI is InChI=1S/2C5H9ClN.4ClH.Pt/c2*6-5-2-1-3-7-4-5;;;;;/h2*5H,1-4H2;4*1H;/q2*-1;;;;;/p-4. The Morgan fingerprint density at radius 2 is 1.00 bits per heavy atom. The molecule has 0 aliphatic carbocycles. The molecule has 0 aromatic heterocycles. The first-order chi connectivity index (χ1) is 6.79. The van der Waals surface area contributed by atoms with Crippen molar-refractivity contribution < 1.29 is 70.7 Å². The van der Waals surface area contributed by atoms with Gasteiger partial charge in [-0.25, -0.2) is 0 Å². The van der Waals surface area contributed by atoms with Gasteiger partial charge in [0.15, 0.2) is 0 Å². The van der Waals surface area contributed by atoms with E-state index in [0.29, 0.717) is 10.8 Å². The van der Waals surface area contributed by atoms with Crippen LogP contribution in [0.4, 0.5) is 0 Å². The van der Waals surface area contributed by atoms with Crippen molar-refractivity contribution in [3.05, 3.63) is 10.6 Å². The van der Waals surface area contributed by atoms with Crippen LogP contribution in [0, 0.1) is 0 Å². The molecule has 0 bridgehead atoms. The largest absolute Gasteiger partial charge is 1.00 e. The molecule has 0 aromatic rings. The average Bonchev–Trinajstić information content (AvgIpc) is 2.21. The monoisotopic (exact) mass is 571 g/mol. The number of alkyl halides is 2. The van der Waals surface area contributed by atoms with E-state index in [4.69, 9.17) is 23.2 Å². The zero-order valence-electron chi connectivity index (χ0n) is 10.3. The van der Waals surface area contributed by atoms with Gasteiger partial charge >= 0.3 is 0 Å². The summed E-state index contributed by atoms with van der Waals surface area (Å²) in [6.45, 7) is 3.82. The molecule has 0 N–H and O–H groups in total. The first-order valence-electron chi connectivity index (χ1n) is 5.33. The van der Waals surface area contributed by atoms with Crippen LogP contribution in [0.3, 0.4) is 0 Å². The topological polar surface area (TPSA) is 28.2 Å². The Morgan fingerprint density at radius 3 is 1.11 bits per heavy atom. The number of hydrogen-bond donors (Lipinski definition) is 0. The summed E-state index contributed by atoms with van der Waals surface area (Å²) in [6, 6.07) is 0. The normalized spacial score (nSPS) is 24.3. The van der Waals surface area contributed by atoms with Gasteiger partial charge in [0.2, 0.25) is 0 Å². The summed E-state index contributed by atoms with van der Waals surface area (Å²) in [6.07, 6.45) is 4.69. The van der Waals surface area contributed by atoms with Crippen LogP contribution in [0.15, 0.2) is 0 Å². The van der Waals surface area contributed by atoms with Gasteiger partial charge in [0.25, 0.3) is 0 Å². The fraction of sp³-hybridized carbons (Fsp3) is 1.00. The third-order valence-electron chi connectivity index (χ3n) is 2.32. The van der Waals surface area contributed by atoms with Crippen molar-refractivity contribution in [1.82, 2.24) is 0 Å². The van der Waals surface area contributed by atoms with Crippen molar-refractivity contribution in [3.63, 3.8) is 0 Å². The Bertz CT molecular complexity index is 130. The third kappa shape index (κ3) is 20.3. The molecular formula is C10H18Cl6N2Pt-6. The summed E-state index contributed by atoms with van der Waals surface area (Å²) in [5.74, 6) is 0. The summed E-state index contributed by atoms with van der Waals surface area (Å²) >= 11 is 11.4. The molecule has 0 radical (unpaired) electrons. The van der Waals surface area contributed by atoms with Crippen molar-refractivity contribution in [3.8, 4) is 0 Å². The minimum Gasteiger partial charge on any atom is -1.00 e. The van der Waals surface area contributed by atoms with E-state index in [1.54, 1.807) is 0 Å². The second-order valence-corrected chi connectivity index (χ2v) is 4.97. The van der Waals surface area contributed by atoms with Gasteiger partial charge in [0, 0.05) is 31.8 Å². The molecular weight excluding hydrogens is 556 g/mol. The Morgan fingerprint density at radius 1 is 0.684 bits per heavy atom. The van der Waals surface area contributed by atoms with Gasteiger partial charge in [-0.15, -0.1) is 49.4 Å². The molecule has 2 fully saturated rings. The first kappa shape index (κ1) is 33.1. The molecule has 2 nitrogen and oxygen atoms in total. The second-order valence-electron chi connectivity index (χ2n) is 3.74. The summed E-state index contributed by atoms with van der Waals surface area (Å²) in [5.41, 5.74) is 0. The summed E-state index contributed by atoms with van der Waals surface area (Å²) < 4.78 is 0. The van der Waals surface area contributed by atoms with E-state index >= 15 is 0 Å². The van der Waals surface area contributed by atoms with E-state index in [1.807, 2.05) is 0 Å². The first-order valence-corrected chi connectivity index (χ1v) is 6.21. The van der Waals surface area contributed by atoms with Crippen molar-refractivity contribution in [1.29, 1.82) is 0 Å². The number of hydrogen-bond acceptors (Lipinski definition) is 0. The quantitative estimate of drug-likeness (QED) is 0.258. The molecule has 126 valence electrons. The van der Waals surface area contributed by atoms with Crippen molar-refractivity contribution in [2.45, 2.75) is 36.4 Å². The predicted molar refractivity (Wildman–Crippen MR) is 63.9 cm³/mol. The Kier molecular flexibility index (Phi) is 39.4. The van der Waals surface area contributed by atoms with Crippen LogP contribution >= 0.6 is 23.2 Å². The fourth-order valence-corrected chi connectivity index (χ4v) is 2.00. The molecule has 2 aliphatic heterocycles. The van der Waals surface area contributed by atoms with Crippen molar-refractivity contribution >= 4 is 23.2 Å². The molecule has 2 aliphatic rings. The maximum Gasteiger partial charge on any atom is 0.0148 e. The van der Waals surface area contributed by atoms with Crippen LogP contribution in [0.2, 0.25) is 0 Å². The maximum absolute atomic E-state index is 5.72. The number of nitrogens with zero attached hydrogens (tertiary/aromatic N) is 2. The van der Waals surface area contributed by atoms with Gasteiger partial charge in [-0.1, -0.05) is 12.8 Å². The van der Waals surface area contributed by atoms with Gasteiger partial charge in [-0.05, 0) is 12.8 Å². The molecule has 2 rings (SSSR count). The van der Waals surface area contributed by atoms with Gasteiger partial charge in [0.05, 0.1) is 0 Å². The van der Waals surface area contributed by atoms with Gasteiger partial charge in [-0.2, -0.15) is 0 Å². The zero-order chi connectivity index (χ0) is 10.2. The van der Waals surface area contributed by atoms with E-state index < -0.39 is 0 Å². The Labute approximate surface area is 166 Å². The molecule has 2 unspecified atom stereocenters. The van der Waals surface area contributed by atoms with Crippen LogP contribution in [-0.4, -0.2) is 36.9 Å². The zero-order valence-corrected chi connectivity index (χ0v) is 17.1. The predicted octanol–water partition coefficient (Wildman–Crippen LogP) is -8.46. The van der Waals surface area contributed by atoms with E-state index in [0.717, 1.165) is 39.0 Å². The minimum atomic E-state index is 0. The molecule has 9 heteroatoms. The minimum absolute atomic E-state index is 0. The number of halogens is 6. The van der Waals surface area contributed by atoms with E-state index in [9.17, 15) is 0 Å². The summed E-state index contributed by atoms with van der Waals surface area (Å²) in [5, 5.41) is 8.94. The molecule has 0 aromatic carbocycles. The van der Waals surface area contributed by atoms with E-state index in [2.05, 4.69) is 10.6 Å². The van der Waals surface area contributed by atoms with Crippen LogP contribution in [0.1, 0.15) is 25.7 Å². The van der Waals surface area contributed by atoms with E-state index in [-0.39, 0.29) is 70.7 Å². The van der Waals surface area contributed by atoms with Crippen LogP contribution in [0.25, 0.3) is 10.6 Å².